The number of nitrogens with zero attached hydrogens (tertiary/aromatic N) is 2. The van der Waals surface area contributed by atoms with Crippen molar-refractivity contribution >= 4 is 34.5 Å². The zero-order valence-corrected chi connectivity index (χ0v) is 18.3. The lowest BCUT2D eigenvalue weighted by Gasteiger charge is -2.25. The molecule has 2 amide bonds. The fourth-order valence-corrected chi connectivity index (χ4v) is 4.45. The molecular weight excluding hydrogens is 432 g/mol. The molecule has 5 nitrogen and oxygen atoms in total. The number of aromatic nitrogens is 1. The minimum atomic E-state index is -0.331. The van der Waals surface area contributed by atoms with Gasteiger partial charge in [0.1, 0.15) is 12.4 Å². The Bertz CT molecular complexity index is 1040. The van der Waals surface area contributed by atoms with Crippen LogP contribution in [0.15, 0.2) is 73.1 Å². The zero-order valence-electron chi connectivity index (χ0n) is 16.7. The van der Waals surface area contributed by atoms with E-state index in [0.717, 1.165) is 28.5 Å². The third-order valence-corrected chi connectivity index (χ3v) is 6.16. The average Bonchev–Trinajstić information content (AvgIpc) is 3.13. The number of imide groups is 1. The number of aryl methyl sites for hydroxylation is 1. The van der Waals surface area contributed by atoms with E-state index in [-0.39, 0.29) is 29.5 Å². The van der Waals surface area contributed by atoms with Crippen LogP contribution in [0.1, 0.15) is 12.0 Å². The van der Waals surface area contributed by atoms with Gasteiger partial charge < -0.3 is 4.74 Å². The predicted octanol–water partition coefficient (Wildman–Crippen LogP) is 5.48. The number of carbonyl (C=O) groups is 2. The Kier molecular flexibility index (Phi) is 6.89. The number of hydrogen-bond donors (Lipinski definition) is 0. The summed E-state index contributed by atoms with van der Waals surface area (Å²) in [5.74, 6) is 0.714. The number of thioether (sulfide) groups is 1. The quantitative estimate of drug-likeness (QED) is 0.453. The molecule has 0 radical (unpaired) electrons. The molecule has 1 aromatic heterocycles. The maximum atomic E-state index is 12.3. The smallest absolute Gasteiger partial charge is 0.289 e. The second-order valence-electron chi connectivity index (χ2n) is 7.22. The van der Waals surface area contributed by atoms with Crippen molar-refractivity contribution < 1.29 is 14.3 Å². The summed E-state index contributed by atoms with van der Waals surface area (Å²) < 4.78 is 5.98. The molecular formula is C24H21ClN2O3S. The molecule has 0 spiro atoms. The first-order valence-electron chi connectivity index (χ1n) is 9.96. The molecule has 1 saturated heterocycles. The zero-order chi connectivity index (χ0) is 21.6. The summed E-state index contributed by atoms with van der Waals surface area (Å²) in [6, 6.07) is 18.9. The van der Waals surface area contributed by atoms with Crippen LogP contribution in [-0.4, -0.2) is 39.4 Å². The first-order valence-corrected chi connectivity index (χ1v) is 11.3. The normalized spacial score (nSPS) is 14.7. The Labute approximate surface area is 190 Å². The molecule has 1 aliphatic rings. The number of carbonyl (C=O) groups excluding carboxylic acids is 2. The monoisotopic (exact) mass is 452 g/mol. The van der Waals surface area contributed by atoms with Gasteiger partial charge in [0.15, 0.2) is 0 Å². The lowest BCUT2D eigenvalue weighted by atomic mass is 10.1. The van der Waals surface area contributed by atoms with Crippen molar-refractivity contribution in [3.05, 3.63) is 83.6 Å². The van der Waals surface area contributed by atoms with Gasteiger partial charge in [-0.05, 0) is 59.9 Å². The minimum absolute atomic E-state index is 0.161. The molecule has 1 aliphatic heterocycles. The SMILES string of the molecule is O=C1CSC(=O)N1C(CCc1cccnc1)COc1ccc(-c2cccc(Cl)c2)cc1. The van der Waals surface area contributed by atoms with Crippen LogP contribution < -0.4 is 4.74 Å². The predicted molar refractivity (Wildman–Crippen MR) is 123 cm³/mol. The second-order valence-corrected chi connectivity index (χ2v) is 8.58. The molecule has 0 aliphatic carbocycles. The highest BCUT2D eigenvalue weighted by Gasteiger charge is 2.36. The van der Waals surface area contributed by atoms with Crippen LogP contribution in [0.2, 0.25) is 5.02 Å². The van der Waals surface area contributed by atoms with Gasteiger partial charge in [-0.15, -0.1) is 0 Å². The van der Waals surface area contributed by atoms with Gasteiger partial charge >= 0.3 is 0 Å². The van der Waals surface area contributed by atoms with Crippen LogP contribution >= 0.6 is 23.4 Å². The summed E-state index contributed by atoms with van der Waals surface area (Å²) in [5.41, 5.74) is 3.12. The summed E-state index contributed by atoms with van der Waals surface area (Å²) in [4.78, 5) is 30.0. The van der Waals surface area contributed by atoms with Crippen LogP contribution in [-0.2, 0) is 11.2 Å². The first-order chi connectivity index (χ1) is 15.1. The van der Waals surface area contributed by atoms with E-state index in [0.29, 0.717) is 23.6 Å². The van der Waals surface area contributed by atoms with Crippen molar-refractivity contribution in [1.82, 2.24) is 9.88 Å². The summed E-state index contributed by atoms with van der Waals surface area (Å²) in [6.07, 6.45) is 4.85. The van der Waals surface area contributed by atoms with Gasteiger partial charge in [0.25, 0.3) is 5.24 Å². The Morgan fingerprint density at radius 3 is 2.58 bits per heavy atom. The largest absolute Gasteiger partial charge is 0.491 e. The van der Waals surface area contributed by atoms with Crippen molar-refractivity contribution in [3.63, 3.8) is 0 Å². The fraction of sp³-hybridized carbons (Fsp3) is 0.208. The number of halogens is 1. The number of benzene rings is 2. The molecule has 1 unspecified atom stereocenters. The van der Waals surface area contributed by atoms with Gasteiger partial charge in [-0.2, -0.15) is 0 Å². The number of amides is 2. The average molecular weight is 453 g/mol. The van der Waals surface area contributed by atoms with Crippen molar-refractivity contribution in [3.8, 4) is 16.9 Å². The van der Waals surface area contributed by atoms with E-state index in [1.807, 2.05) is 60.7 Å². The van der Waals surface area contributed by atoms with Gasteiger partial charge in [0, 0.05) is 17.4 Å². The maximum Gasteiger partial charge on any atom is 0.289 e. The third kappa shape index (κ3) is 5.46. The van der Waals surface area contributed by atoms with Crippen molar-refractivity contribution in [2.45, 2.75) is 18.9 Å². The molecule has 158 valence electrons. The first kappa shape index (κ1) is 21.4. The van der Waals surface area contributed by atoms with E-state index < -0.39 is 0 Å². The lowest BCUT2D eigenvalue weighted by molar-refractivity contribution is -0.126. The van der Waals surface area contributed by atoms with Gasteiger partial charge in [-0.1, -0.05) is 53.7 Å². The van der Waals surface area contributed by atoms with Crippen LogP contribution in [0, 0.1) is 0 Å². The molecule has 7 heteroatoms. The molecule has 0 bridgehead atoms. The molecule has 2 heterocycles. The summed E-state index contributed by atoms with van der Waals surface area (Å²) >= 11 is 7.12. The van der Waals surface area contributed by atoms with Crippen LogP contribution in [0.4, 0.5) is 4.79 Å². The van der Waals surface area contributed by atoms with Gasteiger partial charge in [-0.3, -0.25) is 19.5 Å². The number of hydrogen-bond acceptors (Lipinski definition) is 5. The molecule has 1 fully saturated rings. The number of ether oxygens (including phenoxy) is 1. The van der Waals surface area contributed by atoms with Crippen LogP contribution in [0.25, 0.3) is 11.1 Å². The minimum Gasteiger partial charge on any atom is -0.491 e. The standard InChI is InChI=1S/C24H21ClN2O3S/c25-20-5-1-4-19(13-20)18-7-10-22(11-8-18)30-15-21(27-23(28)16-31-24(27)29)9-6-17-3-2-12-26-14-17/h1-5,7-8,10-14,21H,6,9,15-16H2. The van der Waals surface area contributed by atoms with Gasteiger partial charge in [-0.25, -0.2) is 0 Å². The Hall–Kier alpha value is -2.83. The van der Waals surface area contributed by atoms with Crippen molar-refractivity contribution in [2.75, 3.05) is 12.4 Å². The third-order valence-electron chi connectivity index (χ3n) is 5.09. The molecule has 1 atom stereocenters. The lowest BCUT2D eigenvalue weighted by Crippen LogP contribution is -2.43. The Morgan fingerprint density at radius 2 is 1.90 bits per heavy atom. The molecule has 4 rings (SSSR count). The highest BCUT2D eigenvalue weighted by molar-refractivity contribution is 8.14. The topological polar surface area (TPSA) is 59.5 Å². The van der Waals surface area contributed by atoms with E-state index in [4.69, 9.17) is 16.3 Å². The molecule has 0 saturated carbocycles. The van der Waals surface area contributed by atoms with Crippen molar-refractivity contribution in [1.29, 1.82) is 0 Å². The molecule has 0 N–H and O–H groups in total. The van der Waals surface area contributed by atoms with Crippen LogP contribution in [0.3, 0.4) is 0 Å². The summed E-state index contributed by atoms with van der Waals surface area (Å²) in [7, 11) is 0. The number of pyridine rings is 1. The summed E-state index contributed by atoms with van der Waals surface area (Å²) in [6.45, 7) is 0.245. The number of rotatable bonds is 8. The molecule has 2 aromatic carbocycles. The molecule has 31 heavy (non-hydrogen) atoms. The Balaban J connectivity index is 1.44. The fourth-order valence-electron chi connectivity index (χ4n) is 3.49. The highest BCUT2D eigenvalue weighted by Crippen LogP contribution is 2.27. The van der Waals surface area contributed by atoms with E-state index in [1.54, 1.807) is 12.4 Å². The second kappa shape index (κ2) is 9.98. The Morgan fingerprint density at radius 1 is 1.06 bits per heavy atom. The van der Waals surface area contributed by atoms with E-state index in [1.165, 1.54) is 4.90 Å². The molecule has 3 aromatic rings. The summed E-state index contributed by atoms with van der Waals surface area (Å²) in [5, 5.41) is 0.480. The van der Waals surface area contributed by atoms with Crippen molar-refractivity contribution in [2.24, 2.45) is 0 Å². The van der Waals surface area contributed by atoms with Crippen LogP contribution in [0.5, 0.6) is 5.75 Å². The van der Waals surface area contributed by atoms with E-state index >= 15 is 0 Å². The maximum absolute atomic E-state index is 12.3. The van der Waals surface area contributed by atoms with E-state index in [9.17, 15) is 9.59 Å². The van der Waals surface area contributed by atoms with E-state index in [2.05, 4.69) is 4.98 Å². The van der Waals surface area contributed by atoms with Gasteiger partial charge in [0.2, 0.25) is 5.91 Å². The highest BCUT2D eigenvalue weighted by atomic mass is 35.5. The van der Waals surface area contributed by atoms with Gasteiger partial charge in [0.05, 0.1) is 11.8 Å².